The predicted molar refractivity (Wildman–Crippen MR) is 89.7 cm³/mol. The van der Waals surface area contributed by atoms with E-state index in [1.807, 2.05) is 0 Å². The lowest BCUT2D eigenvalue weighted by Gasteiger charge is -2.32. The molecule has 0 saturated heterocycles. The van der Waals surface area contributed by atoms with Crippen molar-refractivity contribution in [2.75, 3.05) is 0 Å². The van der Waals surface area contributed by atoms with Gasteiger partial charge >= 0.3 is 0 Å². The van der Waals surface area contributed by atoms with Crippen LogP contribution in [0.15, 0.2) is 36.4 Å². The van der Waals surface area contributed by atoms with Crippen molar-refractivity contribution in [2.45, 2.75) is 52.0 Å². The number of hydrogen-bond acceptors (Lipinski definition) is 1. The maximum Gasteiger partial charge on any atom is 0.0369 e. The van der Waals surface area contributed by atoms with E-state index in [9.17, 15) is 0 Å². The molecule has 1 nitrogen and oxygen atoms in total. The fraction of sp³-hybridized carbons (Fsp3) is 0.400. The molecule has 0 amide bonds. The highest BCUT2D eigenvalue weighted by molar-refractivity contribution is 5.43. The number of hydrogen-bond donors (Lipinski definition) is 1. The number of fused-ring (bicyclic) bond motifs is 1. The Labute approximate surface area is 128 Å². The van der Waals surface area contributed by atoms with E-state index < -0.39 is 0 Å². The molecular weight excluding hydrogens is 254 g/mol. The lowest BCUT2D eigenvalue weighted by Crippen LogP contribution is -2.25. The summed E-state index contributed by atoms with van der Waals surface area (Å²) in [6.07, 6.45) is 3.65. The van der Waals surface area contributed by atoms with Gasteiger partial charge in [0.05, 0.1) is 0 Å². The predicted octanol–water partition coefficient (Wildman–Crippen LogP) is 4.73. The molecule has 0 saturated carbocycles. The number of benzene rings is 2. The van der Waals surface area contributed by atoms with Crippen LogP contribution in [0.1, 0.15) is 58.2 Å². The van der Waals surface area contributed by atoms with Gasteiger partial charge < -0.3 is 5.73 Å². The Bertz CT molecular complexity index is 634. The summed E-state index contributed by atoms with van der Waals surface area (Å²) in [6, 6.07) is 13.5. The molecule has 2 N–H and O–H groups in total. The van der Waals surface area contributed by atoms with E-state index in [4.69, 9.17) is 5.73 Å². The Morgan fingerprint density at radius 3 is 2.43 bits per heavy atom. The van der Waals surface area contributed by atoms with E-state index in [2.05, 4.69) is 57.2 Å². The van der Waals surface area contributed by atoms with Crippen LogP contribution in [-0.2, 0) is 6.42 Å². The lowest BCUT2D eigenvalue weighted by atomic mass is 9.75. The molecule has 1 aliphatic rings. The van der Waals surface area contributed by atoms with Crippen LogP contribution < -0.4 is 5.73 Å². The van der Waals surface area contributed by atoms with Crippen molar-refractivity contribution in [1.82, 2.24) is 0 Å². The highest BCUT2D eigenvalue weighted by Gasteiger charge is 2.28. The average molecular weight is 279 g/mol. The van der Waals surface area contributed by atoms with Crippen molar-refractivity contribution in [3.8, 4) is 0 Å². The summed E-state index contributed by atoms with van der Waals surface area (Å²) in [5.74, 6) is 0.454. The van der Waals surface area contributed by atoms with E-state index >= 15 is 0 Å². The van der Waals surface area contributed by atoms with Crippen LogP contribution in [0.2, 0.25) is 0 Å². The van der Waals surface area contributed by atoms with Crippen LogP contribution in [0.4, 0.5) is 0 Å². The second-order valence-electron chi connectivity index (χ2n) is 6.54. The maximum absolute atomic E-state index is 6.74. The molecule has 3 rings (SSSR count). The van der Waals surface area contributed by atoms with Crippen LogP contribution in [0.5, 0.6) is 0 Å². The number of nitrogens with two attached hydrogens (primary N) is 1. The lowest BCUT2D eigenvalue weighted by molar-refractivity contribution is 0.472. The van der Waals surface area contributed by atoms with Crippen molar-refractivity contribution < 1.29 is 0 Å². The molecule has 2 unspecified atom stereocenters. The van der Waals surface area contributed by atoms with Crippen LogP contribution >= 0.6 is 0 Å². The number of aryl methyl sites for hydroxylation is 4. The minimum atomic E-state index is 0.104. The standard InChI is InChI=1S/C20H25N/c1-13-11-14(2)19(15(3)12-13)20(21)18-10-6-8-16-7-4-5-9-17(16)18/h4-5,7,9,11-12,18,20H,6,8,10,21H2,1-3H3. The van der Waals surface area contributed by atoms with Crippen molar-refractivity contribution >= 4 is 0 Å². The van der Waals surface area contributed by atoms with Crippen molar-refractivity contribution in [1.29, 1.82) is 0 Å². The second-order valence-corrected chi connectivity index (χ2v) is 6.54. The minimum absolute atomic E-state index is 0.104. The van der Waals surface area contributed by atoms with Crippen LogP contribution in [0.3, 0.4) is 0 Å². The largest absolute Gasteiger partial charge is 0.323 e. The highest BCUT2D eigenvalue weighted by Crippen LogP contribution is 2.40. The quantitative estimate of drug-likeness (QED) is 0.845. The molecule has 1 heteroatoms. The molecule has 21 heavy (non-hydrogen) atoms. The van der Waals surface area contributed by atoms with Gasteiger partial charge in [0.1, 0.15) is 0 Å². The van der Waals surface area contributed by atoms with Gasteiger partial charge in [-0.2, -0.15) is 0 Å². The van der Waals surface area contributed by atoms with Crippen LogP contribution in [0, 0.1) is 20.8 Å². The molecule has 0 heterocycles. The summed E-state index contributed by atoms with van der Waals surface area (Å²) < 4.78 is 0. The minimum Gasteiger partial charge on any atom is -0.323 e. The van der Waals surface area contributed by atoms with E-state index in [1.165, 1.54) is 52.6 Å². The van der Waals surface area contributed by atoms with Gasteiger partial charge in [-0.15, -0.1) is 0 Å². The highest BCUT2D eigenvalue weighted by atomic mass is 14.7. The SMILES string of the molecule is Cc1cc(C)c(C(N)C2CCCc3ccccc32)c(C)c1. The Kier molecular flexibility index (Phi) is 3.86. The maximum atomic E-state index is 6.74. The first-order valence-electron chi connectivity index (χ1n) is 7.99. The van der Waals surface area contributed by atoms with Crippen molar-refractivity contribution in [2.24, 2.45) is 5.73 Å². The third-order valence-electron chi connectivity index (χ3n) is 4.92. The molecule has 0 aliphatic heterocycles. The smallest absolute Gasteiger partial charge is 0.0369 e. The Balaban J connectivity index is 2.03. The Morgan fingerprint density at radius 1 is 1.05 bits per heavy atom. The number of rotatable bonds is 2. The first-order valence-corrected chi connectivity index (χ1v) is 7.99. The van der Waals surface area contributed by atoms with Gasteiger partial charge in [0, 0.05) is 12.0 Å². The van der Waals surface area contributed by atoms with Crippen molar-refractivity contribution in [3.63, 3.8) is 0 Å². The van der Waals surface area contributed by atoms with E-state index in [1.54, 1.807) is 0 Å². The monoisotopic (exact) mass is 279 g/mol. The van der Waals surface area contributed by atoms with Crippen LogP contribution in [-0.4, -0.2) is 0 Å². The first-order chi connectivity index (χ1) is 10.1. The fourth-order valence-corrected chi connectivity index (χ4v) is 4.08. The summed E-state index contributed by atoms with van der Waals surface area (Å²) >= 11 is 0. The van der Waals surface area contributed by atoms with E-state index in [-0.39, 0.29) is 6.04 Å². The van der Waals surface area contributed by atoms with Crippen LogP contribution in [0.25, 0.3) is 0 Å². The molecule has 110 valence electrons. The van der Waals surface area contributed by atoms with Gasteiger partial charge in [-0.05, 0) is 67.9 Å². The second kappa shape index (κ2) is 5.65. The topological polar surface area (TPSA) is 26.0 Å². The molecule has 0 aromatic heterocycles. The summed E-state index contributed by atoms with van der Waals surface area (Å²) in [5, 5.41) is 0. The molecular formula is C20H25N. The molecule has 0 spiro atoms. The molecule has 0 radical (unpaired) electrons. The zero-order chi connectivity index (χ0) is 15.0. The van der Waals surface area contributed by atoms with Gasteiger partial charge in [0.2, 0.25) is 0 Å². The normalized spacial score (nSPS) is 19.1. The summed E-state index contributed by atoms with van der Waals surface area (Å²) in [6.45, 7) is 6.55. The van der Waals surface area contributed by atoms with Gasteiger partial charge in [-0.25, -0.2) is 0 Å². The van der Waals surface area contributed by atoms with Gasteiger partial charge in [0.15, 0.2) is 0 Å². The van der Waals surface area contributed by atoms with E-state index in [0.29, 0.717) is 5.92 Å². The Hall–Kier alpha value is -1.60. The van der Waals surface area contributed by atoms with Gasteiger partial charge in [-0.1, -0.05) is 42.0 Å². The third-order valence-corrected chi connectivity index (χ3v) is 4.92. The molecule has 1 aliphatic carbocycles. The summed E-state index contributed by atoms with van der Waals surface area (Å²) in [7, 11) is 0. The molecule has 2 atom stereocenters. The summed E-state index contributed by atoms with van der Waals surface area (Å²) in [4.78, 5) is 0. The van der Waals surface area contributed by atoms with Crippen molar-refractivity contribution in [3.05, 3.63) is 69.8 Å². The Morgan fingerprint density at radius 2 is 1.71 bits per heavy atom. The van der Waals surface area contributed by atoms with Gasteiger partial charge in [-0.3, -0.25) is 0 Å². The zero-order valence-corrected chi connectivity index (χ0v) is 13.3. The van der Waals surface area contributed by atoms with E-state index in [0.717, 1.165) is 0 Å². The fourth-order valence-electron chi connectivity index (χ4n) is 4.08. The summed E-state index contributed by atoms with van der Waals surface area (Å²) in [5.41, 5.74) is 15.0. The molecule has 0 bridgehead atoms. The van der Waals surface area contributed by atoms with Gasteiger partial charge in [0.25, 0.3) is 0 Å². The molecule has 2 aromatic carbocycles. The molecule has 2 aromatic rings. The zero-order valence-electron chi connectivity index (χ0n) is 13.3. The molecule has 0 fully saturated rings. The third kappa shape index (κ3) is 2.63. The average Bonchev–Trinajstić information content (AvgIpc) is 2.45. The first kappa shape index (κ1) is 14.3.